The number of nitrogens with one attached hydrogen (secondary N) is 1. The smallest absolute Gasteiger partial charge is 0.153 e. The van der Waals surface area contributed by atoms with Crippen LogP contribution in [0.15, 0.2) is 12.2 Å². The van der Waals surface area contributed by atoms with Crippen molar-refractivity contribution < 1.29 is 15.3 Å². The second-order valence-corrected chi connectivity index (χ2v) is 2.62. The quantitative estimate of drug-likeness (QED) is 0.405. The predicted octanol–water partition coefficient (Wildman–Crippen LogP) is -1.15. The molecule has 0 saturated carbocycles. The standard InChI is InChI=1S/C7H12N2O3/c8-5-1-2-6(10)9(5)4-3-7(11)12/h1-2,6-8,10-12H,3-4H2. The first-order valence-electron chi connectivity index (χ1n) is 3.69. The van der Waals surface area contributed by atoms with Gasteiger partial charge in [-0.15, -0.1) is 0 Å². The van der Waals surface area contributed by atoms with Gasteiger partial charge in [-0.2, -0.15) is 0 Å². The topological polar surface area (TPSA) is 87.8 Å². The molecule has 5 nitrogen and oxygen atoms in total. The van der Waals surface area contributed by atoms with Gasteiger partial charge in [-0.05, 0) is 12.2 Å². The molecule has 0 aromatic heterocycles. The maximum Gasteiger partial charge on any atom is 0.153 e. The lowest BCUT2D eigenvalue weighted by molar-refractivity contribution is -0.0518. The van der Waals surface area contributed by atoms with Crippen molar-refractivity contribution in [2.24, 2.45) is 0 Å². The van der Waals surface area contributed by atoms with E-state index in [-0.39, 0.29) is 18.8 Å². The highest BCUT2D eigenvalue weighted by atomic mass is 16.5. The zero-order valence-corrected chi connectivity index (χ0v) is 6.51. The second-order valence-electron chi connectivity index (χ2n) is 2.62. The summed E-state index contributed by atoms with van der Waals surface area (Å²) in [6.07, 6.45) is 0.906. The van der Waals surface area contributed by atoms with Crippen molar-refractivity contribution in [3.63, 3.8) is 0 Å². The molecule has 1 heterocycles. The van der Waals surface area contributed by atoms with Gasteiger partial charge in [0.1, 0.15) is 12.1 Å². The van der Waals surface area contributed by atoms with E-state index in [1.54, 1.807) is 0 Å². The number of hydrogen-bond donors (Lipinski definition) is 4. The second kappa shape index (κ2) is 3.66. The highest BCUT2D eigenvalue weighted by Gasteiger charge is 2.20. The maximum atomic E-state index is 9.21. The normalized spacial score (nSPS) is 22.8. The molecular weight excluding hydrogens is 160 g/mol. The van der Waals surface area contributed by atoms with Crippen molar-refractivity contribution >= 4 is 5.84 Å². The van der Waals surface area contributed by atoms with Gasteiger partial charge in [0, 0.05) is 13.0 Å². The number of hydrogen-bond acceptors (Lipinski definition) is 4. The minimum atomic E-state index is -1.38. The van der Waals surface area contributed by atoms with E-state index in [9.17, 15) is 5.11 Å². The van der Waals surface area contributed by atoms with Crippen LogP contribution in [0.2, 0.25) is 0 Å². The van der Waals surface area contributed by atoms with Gasteiger partial charge in [0.25, 0.3) is 0 Å². The fraction of sp³-hybridized carbons (Fsp3) is 0.571. The molecule has 0 saturated heterocycles. The van der Waals surface area contributed by atoms with E-state index in [4.69, 9.17) is 15.6 Å². The molecule has 4 N–H and O–H groups in total. The summed E-state index contributed by atoms with van der Waals surface area (Å²) in [5.41, 5.74) is 0. The van der Waals surface area contributed by atoms with Gasteiger partial charge in [-0.25, -0.2) is 0 Å². The molecule has 12 heavy (non-hydrogen) atoms. The molecule has 5 heteroatoms. The fourth-order valence-electron chi connectivity index (χ4n) is 1.03. The van der Waals surface area contributed by atoms with E-state index < -0.39 is 12.5 Å². The van der Waals surface area contributed by atoms with Crippen LogP contribution in [-0.4, -0.2) is 45.1 Å². The van der Waals surface area contributed by atoms with Crippen LogP contribution in [0.25, 0.3) is 0 Å². The van der Waals surface area contributed by atoms with E-state index >= 15 is 0 Å². The van der Waals surface area contributed by atoms with Gasteiger partial charge in [0.15, 0.2) is 6.29 Å². The Kier molecular flexibility index (Phi) is 2.80. The molecule has 0 spiro atoms. The first kappa shape index (κ1) is 9.18. The molecule has 1 atom stereocenters. The summed E-state index contributed by atoms with van der Waals surface area (Å²) in [5.74, 6) is 0.197. The number of rotatable bonds is 3. The van der Waals surface area contributed by atoms with E-state index in [0.29, 0.717) is 0 Å². The zero-order chi connectivity index (χ0) is 9.14. The monoisotopic (exact) mass is 172 g/mol. The Bertz CT molecular complexity index is 203. The number of amidine groups is 1. The number of aliphatic hydroxyl groups is 3. The summed E-state index contributed by atoms with van der Waals surface area (Å²) < 4.78 is 0. The van der Waals surface area contributed by atoms with Gasteiger partial charge in [-0.3, -0.25) is 5.41 Å². The lowest BCUT2D eigenvalue weighted by Gasteiger charge is -2.22. The fourth-order valence-corrected chi connectivity index (χ4v) is 1.03. The molecule has 0 fully saturated rings. The SMILES string of the molecule is N=C1C=CC(O)N1CCC(O)O. The van der Waals surface area contributed by atoms with Crippen molar-refractivity contribution in [1.29, 1.82) is 5.41 Å². The Hall–Kier alpha value is -0.910. The first-order chi connectivity index (χ1) is 5.61. The molecular formula is C7H12N2O3. The van der Waals surface area contributed by atoms with Crippen molar-refractivity contribution in [3.8, 4) is 0 Å². The van der Waals surface area contributed by atoms with Crippen LogP contribution < -0.4 is 0 Å². The predicted molar refractivity (Wildman–Crippen MR) is 42.4 cm³/mol. The average molecular weight is 172 g/mol. The minimum Gasteiger partial charge on any atom is -0.370 e. The van der Waals surface area contributed by atoms with E-state index in [0.717, 1.165) is 0 Å². The lowest BCUT2D eigenvalue weighted by Crippen LogP contribution is -2.35. The molecule has 1 unspecified atom stereocenters. The summed E-state index contributed by atoms with van der Waals surface area (Å²) in [5, 5.41) is 33.6. The van der Waals surface area contributed by atoms with Crippen LogP contribution in [0.3, 0.4) is 0 Å². The minimum absolute atomic E-state index is 0.126. The van der Waals surface area contributed by atoms with E-state index in [2.05, 4.69) is 0 Å². The molecule has 68 valence electrons. The Labute approximate surface area is 70.1 Å². The molecule has 0 amide bonds. The van der Waals surface area contributed by atoms with Crippen molar-refractivity contribution in [2.45, 2.75) is 18.9 Å². The molecule has 1 aliphatic heterocycles. The van der Waals surface area contributed by atoms with Crippen LogP contribution in [0.1, 0.15) is 6.42 Å². The van der Waals surface area contributed by atoms with Crippen LogP contribution in [0.4, 0.5) is 0 Å². The summed E-state index contributed by atoms with van der Waals surface area (Å²) >= 11 is 0. The Morgan fingerprint density at radius 2 is 2.25 bits per heavy atom. The first-order valence-corrected chi connectivity index (χ1v) is 3.69. The van der Waals surface area contributed by atoms with Crippen molar-refractivity contribution in [2.75, 3.05) is 6.54 Å². The largest absolute Gasteiger partial charge is 0.370 e. The lowest BCUT2D eigenvalue weighted by atomic mass is 10.3. The molecule has 0 bridgehead atoms. The van der Waals surface area contributed by atoms with Crippen LogP contribution >= 0.6 is 0 Å². The highest BCUT2D eigenvalue weighted by molar-refractivity contribution is 5.92. The summed E-state index contributed by atoms with van der Waals surface area (Å²) in [4.78, 5) is 1.37. The van der Waals surface area contributed by atoms with Crippen molar-refractivity contribution in [1.82, 2.24) is 4.90 Å². The molecule has 1 rings (SSSR count). The highest BCUT2D eigenvalue weighted by Crippen LogP contribution is 2.09. The average Bonchev–Trinajstić information content (AvgIpc) is 2.28. The van der Waals surface area contributed by atoms with Crippen LogP contribution in [-0.2, 0) is 0 Å². The van der Waals surface area contributed by atoms with Gasteiger partial charge in [0.05, 0.1) is 0 Å². The third-order valence-electron chi connectivity index (χ3n) is 1.68. The van der Waals surface area contributed by atoms with Gasteiger partial charge in [-0.1, -0.05) is 0 Å². The van der Waals surface area contributed by atoms with E-state index in [1.807, 2.05) is 0 Å². The summed E-state index contributed by atoms with van der Waals surface area (Å²) in [7, 11) is 0. The third kappa shape index (κ3) is 2.04. The maximum absolute atomic E-state index is 9.21. The molecule has 1 aliphatic rings. The molecule has 0 radical (unpaired) electrons. The Morgan fingerprint density at radius 1 is 1.58 bits per heavy atom. The van der Waals surface area contributed by atoms with Crippen molar-refractivity contribution in [3.05, 3.63) is 12.2 Å². The molecule has 0 aromatic carbocycles. The van der Waals surface area contributed by atoms with Gasteiger partial charge < -0.3 is 20.2 Å². The van der Waals surface area contributed by atoms with E-state index in [1.165, 1.54) is 17.1 Å². The third-order valence-corrected chi connectivity index (χ3v) is 1.68. The molecule has 0 aromatic rings. The number of nitrogens with zero attached hydrogens (tertiary/aromatic N) is 1. The molecule has 0 aliphatic carbocycles. The van der Waals surface area contributed by atoms with Gasteiger partial charge >= 0.3 is 0 Å². The zero-order valence-electron chi connectivity index (χ0n) is 6.51. The summed E-state index contributed by atoms with van der Waals surface area (Å²) in [6.45, 7) is 0.269. The van der Waals surface area contributed by atoms with Gasteiger partial charge in [0.2, 0.25) is 0 Å². The Morgan fingerprint density at radius 3 is 2.67 bits per heavy atom. The van der Waals surface area contributed by atoms with Crippen LogP contribution in [0.5, 0.6) is 0 Å². The Balaban J connectivity index is 2.37. The van der Waals surface area contributed by atoms with Crippen LogP contribution in [0, 0.1) is 5.41 Å². The summed E-state index contributed by atoms with van der Waals surface area (Å²) in [6, 6.07) is 0. The number of aliphatic hydroxyl groups excluding tert-OH is 2.